The molecule has 0 aliphatic rings. The second kappa shape index (κ2) is 5.76. The Balaban J connectivity index is 3.01. The summed E-state index contributed by atoms with van der Waals surface area (Å²) in [5.74, 6) is -1.46. The Bertz CT molecular complexity index is 447. The van der Waals surface area contributed by atoms with Crippen LogP contribution in [0.1, 0.15) is 38.4 Å². The topological polar surface area (TPSA) is 37.3 Å². The number of carbonyl (C=O) groups excluding carboxylic acids is 1. The highest BCUT2D eigenvalue weighted by Crippen LogP contribution is 2.32. The molecule has 5 heteroatoms. The lowest BCUT2D eigenvalue weighted by atomic mass is 9.89. The molecule has 0 aromatic heterocycles. The number of aliphatic hydroxyl groups is 1. The van der Waals surface area contributed by atoms with Crippen LogP contribution in [-0.4, -0.2) is 16.6 Å². The van der Waals surface area contributed by atoms with Crippen molar-refractivity contribution in [3.8, 4) is 0 Å². The van der Waals surface area contributed by atoms with Gasteiger partial charge in [0.25, 0.3) is 0 Å². The minimum atomic E-state index is -2.43. The molecule has 0 saturated heterocycles. The number of hydrogen-bond acceptors (Lipinski definition) is 2. The average Bonchev–Trinajstić information content (AvgIpc) is 2.32. The Morgan fingerprint density at radius 2 is 2.17 bits per heavy atom. The van der Waals surface area contributed by atoms with Crippen molar-refractivity contribution in [2.75, 3.05) is 0 Å². The van der Waals surface area contributed by atoms with E-state index in [2.05, 4.69) is 0 Å². The van der Waals surface area contributed by atoms with Crippen LogP contribution in [0.15, 0.2) is 18.2 Å². The van der Waals surface area contributed by atoms with Gasteiger partial charge in [-0.05, 0) is 31.0 Å². The molecule has 0 radical (unpaired) electrons. The number of ketones is 1. The third-order valence-electron chi connectivity index (χ3n) is 2.80. The van der Waals surface area contributed by atoms with Crippen LogP contribution < -0.4 is 0 Å². The van der Waals surface area contributed by atoms with Gasteiger partial charge >= 0.3 is 0 Å². The number of aliphatic hydroxyl groups excluding tert-OH is 1. The third kappa shape index (κ3) is 3.06. The smallest absolute Gasteiger partial charge is 0.195 e. The predicted molar refractivity (Wildman–Crippen MR) is 65.8 cm³/mol. The molecule has 0 aliphatic heterocycles. The molecule has 1 rings (SSSR count). The Labute approximate surface area is 110 Å². The molecule has 1 N–H and O–H groups in total. The van der Waals surface area contributed by atoms with E-state index in [9.17, 15) is 18.7 Å². The van der Waals surface area contributed by atoms with E-state index in [0.717, 1.165) is 13.0 Å². The van der Waals surface area contributed by atoms with Gasteiger partial charge in [0.2, 0.25) is 0 Å². The third-order valence-corrected chi connectivity index (χ3v) is 3.10. The highest BCUT2D eigenvalue weighted by atomic mass is 35.5. The maximum absolute atomic E-state index is 14.2. The van der Waals surface area contributed by atoms with Crippen molar-refractivity contribution in [1.29, 1.82) is 0 Å². The van der Waals surface area contributed by atoms with Gasteiger partial charge in [-0.25, -0.2) is 8.78 Å². The van der Waals surface area contributed by atoms with Gasteiger partial charge in [0.05, 0.1) is 5.02 Å². The van der Waals surface area contributed by atoms with E-state index in [4.69, 9.17) is 11.6 Å². The summed E-state index contributed by atoms with van der Waals surface area (Å²) in [7, 11) is 0. The summed E-state index contributed by atoms with van der Waals surface area (Å²) in [4.78, 5) is 11.6. The highest BCUT2D eigenvalue weighted by molar-refractivity contribution is 6.30. The first-order valence-electron chi connectivity index (χ1n) is 5.66. The zero-order chi connectivity index (χ0) is 13.9. The van der Waals surface area contributed by atoms with Crippen molar-refractivity contribution in [3.05, 3.63) is 34.6 Å². The van der Waals surface area contributed by atoms with Crippen LogP contribution in [0, 0.1) is 5.82 Å². The standard InChI is InChI=1S/C13H15ClF2O2/c1-3-4-11(17)13(2,16)12(18)8-5-6-9(14)10(15)7-8/h5-7,12,18H,3-4H2,1-2H3. The summed E-state index contributed by atoms with van der Waals surface area (Å²) in [6.07, 6.45) is -1.19. The average molecular weight is 277 g/mol. The van der Waals surface area contributed by atoms with Crippen LogP contribution >= 0.6 is 11.6 Å². The van der Waals surface area contributed by atoms with Crippen molar-refractivity contribution in [3.63, 3.8) is 0 Å². The fourth-order valence-electron chi connectivity index (χ4n) is 1.62. The molecule has 0 saturated carbocycles. The molecule has 0 fully saturated rings. The van der Waals surface area contributed by atoms with Gasteiger partial charge in [0.15, 0.2) is 11.5 Å². The SMILES string of the molecule is CCCC(=O)C(C)(F)C(O)c1ccc(Cl)c(F)c1. The first-order valence-corrected chi connectivity index (χ1v) is 6.03. The minimum Gasteiger partial charge on any atom is -0.385 e. The maximum atomic E-state index is 14.2. The number of Topliss-reactive ketones (excluding diaryl/α,β-unsaturated/α-hetero) is 1. The van der Waals surface area contributed by atoms with Crippen molar-refractivity contribution in [1.82, 2.24) is 0 Å². The quantitative estimate of drug-likeness (QED) is 0.892. The highest BCUT2D eigenvalue weighted by Gasteiger charge is 2.40. The van der Waals surface area contributed by atoms with E-state index in [1.165, 1.54) is 12.1 Å². The fraction of sp³-hybridized carbons (Fsp3) is 0.462. The summed E-state index contributed by atoms with van der Waals surface area (Å²) < 4.78 is 27.5. The Hall–Kier alpha value is -1.00. The lowest BCUT2D eigenvalue weighted by molar-refractivity contribution is -0.137. The summed E-state index contributed by atoms with van der Waals surface area (Å²) in [5.41, 5.74) is -2.44. The molecule has 2 unspecified atom stereocenters. The predicted octanol–water partition coefficient (Wildman–Crippen LogP) is 3.61. The first kappa shape index (κ1) is 15.1. The lowest BCUT2D eigenvalue weighted by Crippen LogP contribution is -2.37. The lowest BCUT2D eigenvalue weighted by Gasteiger charge is -2.25. The van der Waals surface area contributed by atoms with E-state index >= 15 is 0 Å². The molecule has 0 aliphatic carbocycles. The zero-order valence-corrected chi connectivity index (χ0v) is 11.0. The summed E-state index contributed by atoms with van der Waals surface area (Å²) in [6, 6.07) is 3.45. The monoisotopic (exact) mass is 276 g/mol. The van der Waals surface area contributed by atoms with E-state index in [1.54, 1.807) is 6.92 Å². The summed E-state index contributed by atoms with van der Waals surface area (Å²) in [5, 5.41) is 9.74. The van der Waals surface area contributed by atoms with Crippen molar-refractivity contribution in [2.24, 2.45) is 0 Å². The maximum Gasteiger partial charge on any atom is 0.195 e. The number of rotatable bonds is 5. The van der Waals surface area contributed by atoms with Gasteiger partial charge in [-0.15, -0.1) is 0 Å². The molecular weight excluding hydrogens is 262 g/mol. The molecule has 18 heavy (non-hydrogen) atoms. The number of alkyl halides is 1. The van der Waals surface area contributed by atoms with Gasteiger partial charge in [0.1, 0.15) is 11.9 Å². The second-order valence-electron chi connectivity index (χ2n) is 4.32. The molecule has 2 nitrogen and oxygen atoms in total. The second-order valence-corrected chi connectivity index (χ2v) is 4.73. The minimum absolute atomic E-state index is 0.00801. The van der Waals surface area contributed by atoms with E-state index in [0.29, 0.717) is 6.42 Å². The van der Waals surface area contributed by atoms with Gasteiger partial charge in [-0.2, -0.15) is 0 Å². The molecule has 0 bridgehead atoms. The molecule has 1 aromatic rings. The number of halogens is 3. The van der Waals surface area contributed by atoms with Gasteiger partial charge in [0, 0.05) is 6.42 Å². The zero-order valence-electron chi connectivity index (χ0n) is 10.2. The van der Waals surface area contributed by atoms with E-state index in [-0.39, 0.29) is 17.0 Å². The fourth-order valence-corrected chi connectivity index (χ4v) is 1.74. The van der Waals surface area contributed by atoms with E-state index in [1.807, 2.05) is 0 Å². The van der Waals surface area contributed by atoms with Crippen LogP contribution in [-0.2, 0) is 4.79 Å². The number of benzene rings is 1. The largest absolute Gasteiger partial charge is 0.385 e. The normalized spacial score (nSPS) is 16.1. The molecule has 0 amide bonds. The number of carbonyl (C=O) groups is 1. The van der Waals surface area contributed by atoms with Crippen molar-refractivity contribution < 1.29 is 18.7 Å². The number of hydrogen-bond donors (Lipinski definition) is 1. The summed E-state index contributed by atoms with van der Waals surface area (Å²) in [6.45, 7) is 2.74. The van der Waals surface area contributed by atoms with Crippen LogP contribution in [0.25, 0.3) is 0 Å². The van der Waals surface area contributed by atoms with Crippen LogP contribution in [0.2, 0.25) is 5.02 Å². The molecule has 0 spiro atoms. The van der Waals surface area contributed by atoms with E-state index < -0.39 is 23.4 Å². The van der Waals surface area contributed by atoms with Gasteiger partial charge < -0.3 is 5.11 Å². The van der Waals surface area contributed by atoms with Crippen LogP contribution in [0.5, 0.6) is 0 Å². The van der Waals surface area contributed by atoms with Crippen molar-refractivity contribution in [2.45, 2.75) is 38.5 Å². The van der Waals surface area contributed by atoms with Crippen molar-refractivity contribution >= 4 is 17.4 Å². The molecule has 2 atom stereocenters. The molecular formula is C13H15ClF2O2. The Morgan fingerprint density at radius 1 is 1.56 bits per heavy atom. The van der Waals surface area contributed by atoms with Crippen LogP contribution in [0.3, 0.4) is 0 Å². The summed E-state index contributed by atoms with van der Waals surface area (Å²) >= 11 is 5.49. The Morgan fingerprint density at radius 3 is 2.67 bits per heavy atom. The Kier molecular flexibility index (Phi) is 4.82. The molecule has 100 valence electrons. The van der Waals surface area contributed by atoms with Gasteiger partial charge in [-0.1, -0.05) is 24.6 Å². The van der Waals surface area contributed by atoms with Gasteiger partial charge in [-0.3, -0.25) is 4.79 Å². The van der Waals surface area contributed by atoms with Crippen LogP contribution in [0.4, 0.5) is 8.78 Å². The molecule has 0 heterocycles. The first-order chi connectivity index (χ1) is 8.30. The molecule has 1 aromatic carbocycles.